The molecular formula is C16H20N2O6S. The molecule has 0 aromatic heterocycles. The molecule has 1 aromatic rings. The van der Waals surface area contributed by atoms with Crippen LogP contribution in [0.25, 0.3) is 0 Å². The van der Waals surface area contributed by atoms with Gasteiger partial charge in [0.2, 0.25) is 10.0 Å². The third-order valence-electron chi connectivity index (χ3n) is 4.98. The summed E-state index contributed by atoms with van der Waals surface area (Å²) in [6.45, 7) is 1.33. The largest absolute Gasteiger partial charge is 0.464 e. The molecule has 2 aliphatic rings. The smallest absolute Gasteiger partial charge is 0.302 e. The SMILES string of the molecule is CC(=O)OCC1C[C@H]2CCC[C@H]2N1S(=O)(=O)c1ccc([N+](=O)[O-])cc1. The summed E-state index contributed by atoms with van der Waals surface area (Å²) in [6.07, 6.45) is 3.40. The molecule has 25 heavy (non-hydrogen) atoms. The number of ether oxygens (including phenoxy) is 1. The van der Waals surface area contributed by atoms with Crippen molar-refractivity contribution in [1.29, 1.82) is 0 Å². The minimum absolute atomic E-state index is 0.0264. The lowest BCUT2D eigenvalue weighted by Crippen LogP contribution is -2.43. The van der Waals surface area contributed by atoms with E-state index in [1.165, 1.54) is 35.5 Å². The van der Waals surface area contributed by atoms with Crippen LogP contribution in [0.1, 0.15) is 32.6 Å². The van der Waals surface area contributed by atoms with Crippen molar-refractivity contribution < 1.29 is 22.9 Å². The van der Waals surface area contributed by atoms with Gasteiger partial charge in [-0.05, 0) is 37.3 Å². The number of fused-ring (bicyclic) bond motifs is 1. The summed E-state index contributed by atoms with van der Waals surface area (Å²) in [5, 5.41) is 10.8. The molecule has 1 saturated carbocycles. The average Bonchev–Trinajstić information content (AvgIpc) is 3.13. The van der Waals surface area contributed by atoms with Crippen molar-refractivity contribution >= 4 is 21.7 Å². The van der Waals surface area contributed by atoms with Gasteiger partial charge in [0.25, 0.3) is 5.69 Å². The summed E-state index contributed by atoms with van der Waals surface area (Å²) in [5.41, 5.74) is -0.157. The van der Waals surface area contributed by atoms with Gasteiger partial charge in [0.05, 0.1) is 15.9 Å². The predicted molar refractivity (Wildman–Crippen MR) is 88.3 cm³/mol. The highest BCUT2D eigenvalue weighted by Crippen LogP contribution is 2.44. The van der Waals surface area contributed by atoms with E-state index < -0.39 is 20.9 Å². The average molecular weight is 368 g/mol. The number of hydrogen-bond acceptors (Lipinski definition) is 6. The van der Waals surface area contributed by atoms with Crippen LogP contribution in [0.4, 0.5) is 5.69 Å². The van der Waals surface area contributed by atoms with Crippen LogP contribution in [0.3, 0.4) is 0 Å². The molecule has 1 unspecified atom stereocenters. The Hall–Kier alpha value is -2.00. The number of nitrogens with zero attached hydrogens (tertiary/aromatic N) is 2. The molecule has 0 spiro atoms. The first-order valence-electron chi connectivity index (χ1n) is 8.22. The topological polar surface area (TPSA) is 107 Å². The Morgan fingerprint density at radius 1 is 1.32 bits per heavy atom. The van der Waals surface area contributed by atoms with Gasteiger partial charge in [-0.3, -0.25) is 14.9 Å². The van der Waals surface area contributed by atoms with E-state index in [0.29, 0.717) is 6.42 Å². The summed E-state index contributed by atoms with van der Waals surface area (Å²) in [4.78, 5) is 21.3. The van der Waals surface area contributed by atoms with Gasteiger partial charge in [-0.1, -0.05) is 6.42 Å². The molecular weight excluding hydrogens is 348 g/mol. The van der Waals surface area contributed by atoms with Crippen molar-refractivity contribution in [2.75, 3.05) is 6.61 Å². The zero-order chi connectivity index (χ0) is 18.2. The van der Waals surface area contributed by atoms with Crippen LogP contribution >= 0.6 is 0 Å². The summed E-state index contributed by atoms with van der Waals surface area (Å²) in [7, 11) is -3.81. The van der Waals surface area contributed by atoms with Crippen LogP contribution in [-0.4, -0.2) is 42.3 Å². The number of carbonyl (C=O) groups excluding carboxylic acids is 1. The van der Waals surface area contributed by atoms with E-state index in [4.69, 9.17) is 4.74 Å². The third kappa shape index (κ3) is 3.38. The molecule has 0 N–H and O–H groups in total. The lowest BCUT2D eigenvalue weighted by Gasteiger charge is -2.28. The van der Waals surface area contributed by atoms with Crippen LogP contribution in [0.15, 0.2) is 29.2 Å². The maximum Gasteiger partial charge on any atom is 0.302 e. The first-order chi connectivity index (χ1) is 11.8. The summed E-state index contributed by atoms with van der Waals surface area (Å²) < 4.78 is 32.8. The van der Waals surface area contributed by atoms with Crippen molar-refractivity contribution in [3.05, 3.63) is 34.4 Å². The van der Waals surface area contributed by atoms with E-state index in [1.807, 2.05) is 0 Å². The Balaban J connectivity index is 1.91. The van der Waals surface area contributed by atoms with Gasteiger partial charge < -0.3 is 4.74 Å². The molecule has 1 aliphatic carbocycles. The number of esters is 1. The second-order valence-electron chi connectivity index (χ2n) is 6.54. The number of rotatable bonds is 5. The maximum atomic E-state index is 13.1. The van der Waals surface area contributed by atoms with Crippen LogP contribution in [0.2, 0.25) is 0 Å². The fraction of sp³-hybridized carbons (Fsp3) is 0.562. The molecule has 136 valence electrons. The molecule has 3 rings (SSSR count). The Kier molecular flexibility index (Phi) is 4.79. The van der Waals surface area contributed by atoms with Gasteiger partial charge >= 0.3 is 5.97 Å². The molecule has 0 radical (unpaired) electrons. The molecule has 1 saturated heterocycles. The van der Waals surface area contributed by atoms with Gasteiger partial charge in [-0.25, -0.2) is 8.42 Å². The number of nitro benzene ring substituents is 1. The van der Waals surface area contributed by atoms with Crippen molar-refractivity contribution in [2.45, 2.75) is 49.6 Å². The van der Waals surface area contributed by atoms with E-state index in [1.54, 1.807) is 0 Å². The molecule has 1 heterocycles. The summed E-state index contributed by atoms with van der Waals surface area (Å²) in [5.74, 6) is -0.168. The number of carbonyl (C=O) groups is 1. The molecule has 2 fully saturated rings. The van der Waals surface area contributed by atoms with Crippen LogP contribution in [0, 0.1) is 16.0 Å². The summed E-state index contributed by atoms with van der Waals surface area (Å²) >= 11 is 0. The van der Waals surface area contributed by atoms with Gasteiger partial charge in [0.1, 0.15) is 6.61 Å². The Labute approximate surface area is 146 Å². The highest BCUT2D eigenvalue weighted by Gasteiger charge is 2.49. The van der Waals surface area contributed by atoms with Crippen molar-refractivity contribution in [1.82, 2.24) is 4.31 Å². The van der Waals surface area contributed by atoms with Crippen molar-refractivity contribution in [3.8, 4) is 0 Å². The number of sulfonamides is 1. The van der Waals surface area contributed by atoms with Gasteiger partial charge in [0, 0.05) is 25.1 Å². The van der Waals surface area contributed by atoms with E-state index in [9.17, 15) is 23.3 Å². The van der Waals surface area contributed by atoms with Crippen LogP contribution in [-0.2, 0) is 19.6 Å². The van der Waals surface area contributed by atoms with Gasteiger partial charge in [0.15, 0.2) is 0 Å². The van der Waals surface area contributed by atoms with Crippen molar-refractivity contribution in [3.63, 3.8) is 0 Å². The third-order valence-corrected chi connectivity index (χ3v) is 6.97. The van der Waals surface area contributed by atoms with E-state index in [-0.39, 0.29) is 35.2 Å². The monoisotopic (exact) mass is 368 g/mol. The second kappa shape index (κ2) is 6.72. The lowest BCUT2D eigenvalue weighted by atomic mass is 10.0. The molecule has 9 heteroatoms. The normalized spacial score (nSPS) is 26.4. The highest BCUT2D eigenvalue weighted by molar-refractivity contribution is 7.89. The Morgan fingerprint density at radius 3 is 2.60 bits per heavy atom. The first kappa shape index (κ1) is 17.8. The number of benzene rings is 1. The van der Waals surface area contributed by atoms with Crippen molar-refractivity contribution in [2.24, 2.45) is 5.92 Å². The standard InChI is InChI=1S/C16H20N2O6S/c1-11(19)24-10-14-9-12-3-2-4-16(12)17(14)25(22,23)15-7-5-13(6-8-15)18(20)21/h5-8,12,14,16H,2-4,9-10H2,1H3/t12-,14?,16-/m1/s1. The van der Waals surface area contributed by atoms with Crippen LogP contribution in [0.5, 0.6) is 0 Å². The molecule has 0 bridgehead atoms. The number of hydrogen-bond donors (Lipinski definition) is 0. The maximum absolute atomic E-state index is 13.1. The zero-order valence-corrected chi connectivity index (χ0v) is 14.6. The van der Waals surface area contributed by atoms with E-state index >= 15 is 0 Å². The Bertz CT molecular complexity index is 776. The highest BCUT2D eigenvalue weighted by atomic mass is 32.2. The predicted octanol–water partition coefficient (Wildman–Crippen LogP) is 2.09. The minimum atomic E-state index is -3.81. The minimum Gasteiger partial charge on any atom is -0.464 e. The molecule has 3 atom stereocenters. The fourth-order valence-corrected chi connectivity index (χ4v) is 5.84. The quantitative estimate of drug-likeness (QED) is 0.447. The zero-order valence-electron chi connectivity index (χ0n) is 13.8. The van der Waals surface area contributed by atoms with E-state index in [2.05, 4.69) is 0 Å². The lowest BCUT2D eigenvalue weighted by molar-refractivity contribution is -0.384. The molecule has 1 aliphatic heterocycles. The van der Waals surface area contributed by atoms with E-state index in [0.717, 1.165) is 19.3 Å². The second-order valence-corrected chi connectivity index (χ2v) is 8.38. The van der Waals surface area contributed by atoms with Crippen LogP contribution < -0.4 is 0 Å². The summed E-state index contributed by atoms with van der Waals surface area (Å²) in [6, 6.07) is 4.42. The van der Waals surface area contributed by atoms with Gasteiger partial charge in [-0.2, -0.15) is 4.31 Å². The molecule has 8 nitrogen and oxygen atoms in total. The van der Waals surface area contributed by atoms with Gasteiger partial charge in [-0.15, -0.1) is 0 Å². The number of non-ortho nitro benzene ring substituents is 1. The molecule has 1 aromatic carbocycles. The fourth-order valence-electron chi connectivity index (χ4n) is 3.94. The number of nitro groups is 1. The molecule has 0 amide bonds. The first-order valence-corrected chi connectivity index (χ1v) is 9.66. The Morgan fingerprint density at radius 2 is 2.00 bits per heavy atom.